The smallest absolute Gasteiger partial charge is 0.534 e. The van der Waals surface area contributed by atoms with E-state index in [2.05, 4.69) is 20.9 Å². The van der Waals surface area contributed by atoms with Gasteiger partial charge < -0.3 is 40.9 Å². The Morgan fingerprint density at radius 2 is 1.85 bits per heavy atom. The number of sulfonamides is 1. The largest absolute Gasteiger partial charge is 0.547 e. The Morgan fingerprint density at radius 1 is 1.12 bits per heavy atom. The first-order valence-corrected chi connectivity index (χ1v) is 16.9. The fourth-order valence-corrected chi connectivity index (χ4v) is 6.84. The summed E-state index contributed by atoms with van der Waals surface area (Å²) in [4.78, 5) is 68.2. The SMILES string of the molecule is O=C(NCCS(=O)(=O)N1CCN(C(=O)NC(C(=O)N[C@H]2Cc3ccc(F)c(C(=O)O)c3OB2O)c2cc(F)c(O)c(O)c2Cl)C1=O)c1cccnc1. The number of nitrogens with one attached hydrogen (secondary N) is 3. The molecule has 274 valence electrons. The van der Waals surface area contributed by atoms with Crippen LogP contribution in [0.5, 0.6) is 17.2 Å². The molecule has 0 radical (unpaired) electrons. The summed E-state index contributed by atoms with van der Waals surface area (Å²) >= 11 is 6.10. The van der Waals surface area contributed by atoms with Gasteiger partial charge in [0, 0.05) is 24.5 Å². The van der Waals surface area contributed by atoms with Crippen molar-refractivity contribution in [1.82, 2.24) is 30.1 Å². The molecule has 3 heterocycles. The molecular formula is C29H26BClF2N6O12S. The Kier molecular flexibility index (Phi) is 10.7. The lowest BCUT2D eigenvalue weighted by atomic mass is 9.72. The fraction of sp³-hybridized carbons (Fsp3) is 0.241. The van der Waals surface area contributed by atoms with E-state index in [0.717, 1.165) is 12.1 Å². The van der Waals surface area contributed by atoms with Gasteiger partial charge in [0.05, 0.1) is 35.4 Å². The normalized spacial score (nSPS) is 16.1. The average Bonchev–Trinajstić information content (AvgIpc) is 3.50. The number of carboxylic acid groups (broad SMARTS) is 1. The molecule has 2 atom stereocenters. The lowest BCUT2D eigenvalue weighted by Crippen LogP contribution is -2.56. The van der Waals surface area contributed by atoms with Crippen LogP contribution in [0.1, 0.15) is 37.9 Å². The average molecular weight is 767 g/mol. The third-order valence-corrected chi connectivity index (χ3v) is 10.0. The maximum atomic E-state index is 14.6. The van der Waals surface area contributed by atoms with E-state index >= 15 is 0 Å². The number of aromatic hydroxyl groups is 2. The van der Waals surface area contributed by atoms with Crippen LogP contribution in [0.25, 0.3) is 0 Å². The molecule has 18 nitrogen and oxygen atoms in total. The summed E-state index contributed by atoms with van der Waals surface area (Å²) in [5.41, 5.74) is -1.35. The molecule has 0 aliphatic carbocycles. The van der Waals surface area contributed by atoms with Crippen LogP contribution in [0.15, 0.2) is 42.7 Å². The third-order valence-electron chi connectivity index (χ3n) is 7.91. The van der Waals surface area contributed by atoms with Gasteiger partial charge in [-0.1, -0.05) is 17.7 Å². The number of aromatic carboxylic acids is 1. The first-order valence-electron chi connectivity index (χ1n) is 14.9. The number of carbonyl (C=O) groups excluding carboxylic acids is 4. The van der Waals surface area contributed by atoms with Crippen LogP contribution in [0, 0.1) is 11.6 Å². The number of nitrogens with zero attached hydrogens (tertiary/aromatic N) is 3. The van der Waals surface area contributed by atoms with E-state index < -0.39 is 129 Å². The number of phenols is 2. The second-order valence-electron chi connectivity index (χ2n) is 11.2. The lowest BCUT2D eigenvalue weighted by Gasteiger charge is -2.31. The van der Waals surface area contributed by atoms with E-state index in [0.29, 0.717) is 15.3 Å². The molecule has 3 aromatic rings. The Morgan fingerprint density at radius 3 is 2.52 bits per heavy atom. The highest BCUT2D eigenvalue weighted by Gasteiger charge is 2.43. The lowest BCUT2D eigenvalue weighted by molar-refractivity contribution is -0.123. The number of imide groups is 1. The zero-order chi connectivity index (χ0) is 38.1. The molecule has 1 saturated heterocycles. The van der Waals surface area contributed by atoms with Crippen molar-refractivity contribution in [2.75, 3.05) is 25.4 Å². The van der Waals surface area contributed by atoms with Crippen LogP contribution in [0.4, 0.5) is 18.4 Å². The van der Waals surface area contributed by atoms with E-state index in [1.165, 1.54) is 24.5 Å². The van der Waals surface area contributed by atoms with E-state index in [1.807, 2.05) is 0 Å². The van der Waals surface area contributed by atoms with Crippen molar-refractivity contribution in [3.8, 4) is 17.2 Å². The maximum absolute atomic E-state index is 14.6. The zero-order valence-electron chi connectivity index (χ0n) is 26.2. The van der Waals surface area contributed by atoms with Crippen molar-refractivity contribution < 1.29 is 66.2 Å². The van der Waals surface area contributed by atoms with E-state index in [-0.39, 0.29) is 17.5 Å². The Labute approximate surface area is 297 Å². The van der Waals surface area contributed by atoms with Gasteiger partial charge in [0.2, 0.25) is 15.9 Å². The summed E-state index contributed by atoms with van der Waals surface area (Å²) in [7, 11) is -6.41. The van der Waals surface area contributed by atoms with E-state index in [4.69, 9.17) is 16.3 Å². The highest BCUT2D eigenvalue weighted by atomic mass is 35.5. The van der Waals surface area contributed by atoms with Gasteiger partial charge >= 0.3 is 25.1 Å². The summed E-state index contributed by atoms with van der Waals surface area (Å²) in [5.74, 6) is -11.5. The van der Waals surface area contributed by atoms with Gasteiger partial charge in [-0.15, -0.1) is 0 Å². The summed E-state index contributed by atoms with van der Waals surface area (Å²) in [6, 6.07) is 0.509. The van der Waals surface area contributed by atoms with E-state index in [9.17, 15) is 61.5 Å². The summed E-state index contributed by atoms with van der Waals surface area (Å²) in [6.45, 7) is -1.48. The molecular weight excluding hydrogens is 741 g/mol. The molecule has 0 saturated carbocycles. The number of aromatic nitrogens is 1. The molecule has 1 aromatic heterocycles. The Bertz CT molecular complexity index is 2080. The number of hydrogen-bond donors (Lipinski definition) is 7. The summed E-state index contributed by atoms with van der Waals surface area (Å²) in [5, 5.41) is 45.9. The number of urea groups is 2. The van der Waals surface area contributed by atoms with Crippen LogP contribution in [0.2, 0.25) is 5.02 Å². The van der Waals surface area contributed by atoms with Gasteiger partial charge in [0.1, 0.15) is 23.2 Å². The van der Waals surface area contributed by atoms with Gasteiger partial charge in [0.25, 0.3) is 5.91 Å². The number of halogens is 3. The van der Waals surface area contributed by atoms with Crippen molar-refractivity contribution in [2.45, 2.75) is 18.4 Å². The Hall–Kier alpha value is -5.74. The van der Waals surface area contributed by atoms with Gasteiger partial charge in [-0.3, -0.25) is 14.6 Å². The number of amides is 6. The Balaban J connectivity index is 1.33. The molecule has 2 aliphatic rings. The molecule has 0 bridgehead atoms. The number of rotatable bonds is 10. The summed E-state index contributed by atoms with van der Waals surface area (Å²) < 4.78 is 60.3. The third kappa shape index (κ3) is 7.48. The van der Waals surface area contributed by atoms with Crippen LogP contribution in [-0.4, -0.2) is 111 Å². The minimum Gasteiger partial charge on any atom is -0.534 e. The molecule has 0 spiro atoms. The van der Waals surface area contributed by atoms with Crippen molar-refractivity contribution in [2.24, 2.45) is 0 Å². The minimum absolute atomic E-state index is 0.0435. The predicted molar refractivity (Wildman–Crippen MR) is 173 cm³/mol. The van der Waals surface area contributed by atoms with Gasteiger partial charge in [-0.05, 0) is 36.2 Å². The molecule has 1 unspecified atom stereocenters. The number of phenolic OH excluding ortho intramolecular Hbond substituents is 2. The molecule has 6 amide bonds. The van der Waals surface area contributed by atoms with Gasteiger partial charge in [-0.2, -0.15) is 0 Å². The van der Waals surface area contributed by atoms with Crippen molar-refractivity contribution in [1.29, 1.82) is 0 Å². The first-order chi connectivity index (χ1) is 24.5. The van der Waals surface area contributed by atoms with Crippen LogP contribution in [-0.2, 0) is 21.2 Å². The molecule has 23 heteroatoms. The van der Waals surface area contributed by atoms with Crippen molar-refractivity contribution in [3.05, 3.63) is 81.6 Å². The summed E-state index contributed by atoms with van der Waals surface area (Å²) in [6.07, 6.45) is 2.33. The minimum atomic E-state index is -4.42. The number of hydrogen-bond acceptors (Lipinski definition) is 12. The molecule has 7 N–H and O–H groups in total. The number of fused-ring (bicyclic) bond motifs is 1. The van der Waals surface area contributed by atoms with Crippen LogP contribution in [0.3, 0.4) is 0 Å². The quantitative estimate of drug-likeness (QED) is 0.110. The topological polar surface area (TPSA) is 265 Å². The number of carbonyl (C=O) groups is 5. The number of pyridine rings is 1. The van der Waals surface area contributed by atoms with Gasteiger partial charge in [-0.25, -0.2) is 40.8 Å². The fourth-order valence-electron chi connectivity index (χ4n) is 5.31. The molecule has 1 fully saturated rings. The van der Waals surface area contributed by atoms with Crippen molar-refractivity contribution in [3.63, 3.8) is 0 Å². The standard InChI is InChI=1S/C29H26BClF2N6O12S/c31-20-15(11-17(33)22(40)23(20)41)21(26(43)36-18-10-13-3-4-16(32)19(27(44)45)24(13)51-30(18)48)37-28(46)38-7-8-39(29(38)47)52(49,50)9-6-35-25(42)14-2-1-5-34-12-14/h1-5,11-12,18,21,40-41,48H,6-10H2,(H,35,42)(H,36,43)(H,37,46)(H,44,45)/t18-,21?/m0/s1. The zero-order valence-corrected chi connectivity index (χ0v) is 27.8. The van der Waals surface area contributed by atoms with Crippen molar-refractivity contribution >= 4 is 58.6 Å². The van der Waals surface area contributed by atoms with Crippen LogP contribution < -0.4 is 20.6 Å². The second kappa shape index (κ2) is 14.9. The highest BCUT2D eigenvalue weighted by molar-refractivity contribution is 7.89. The number of benzene rings is 2. The molecule has 52 heavy (non-hydrogen) atoms. The monoisotopic (exact) mass is 766 g/mol. The van der Waals surface area contributed by atoms with E-state index in [1.54, 1.807) is 0 Å². The second-order valence-corrected chi connectivity index (χ2v) is 13.6. The first kappa shape index (κ1) is 37.5. The highest BCUT2D eigenvalue weighted by Crippen LogP contribution is 2.41. The molecule has 5 rings (SSSR count). The number of carboxylic acids is 1. The van der Waals surface area contributed by atoms with Crippen LogP contribution >= 0.6 is 11.6 Å². The molecule has 2 aliphatic heterocycles. The maximum Gasteiger partial charge on any atom is 0.547 e. The van der Waals surface area contributed by atoms with Gasteiger partial charge in [0.15, 0.2) is 17.3 Å². The molecule has 2 aromatic carbocycles. The predicted octanol–water partition coefficient (Wildman–Crippen LogP) is 0.510.